The average molecular weight is 404 g/mol. The Morgan fingerprint density at radius 3 is 2.75 bits per heavy atom. The van der Waals surface area contributed by atoms with Crippen LogP contribution in [0.1, 0.15) is 32.1 Å². The number of amides is 1. The van der Waals surface area contributed by atoms with Crippen LogP contribution in [0.3, 0.4) is 0 Å². The second-order valence-corrected chi connectivity index (χ2v) is 9.27. The van der Waals surface area contributed by atoms with Gasteiger partial charge in [0.1, 0.15) is 19.3 Å². The summed E-state index contributed by atoms with van der Waals surface area (Å²) < 4.78 is 39.6. The third-order valence-electron chi connectivity index (χ3n) is 5.79. The van der Waals surface area contributed by atoms with Crippen LogP contribution >= 0.6 is 0 Å². The maximum Gasteiger partial charge on any atom is 0.244 e. The fraction of sp³-hybridized carbons (Fsp3) is 0.550. The summed E-state index contributed by atoms with van der Waals surface area (Å²) in [4.78, 5) is 12.8. The van der Waals surface area contributed by atoms with E-state index < -0.39 is 16.1 Å². The van der Waals surface area contributed by atoms with E-state index in [4.69, 9.17) is 15.9 Å². The number of hydrogen-bond acceptors (Lipinski definition) is 5. The molecule has 1 saturated carbocycles. The maximum absolute atomic E-state index is 13.6. The predicted octanol–water partition coefficient (Wildman–Crippen LogP) is 1.53. The SMILES string of the molecule is C#CCNC(=O)[C@@H]1C[C@@H]2CCCC[C@@H]2N1S(=O)(=O)c1ccc2c(c1)OCCO2. The number of fused-ring (bicyclic) bond motifs is 2. The Kier molecular flexibility index (Phi) is 5.21. The Bertz CT molecular complexity index is 908. The van der Waals surface area contributed by atoms with Crippen LogP contribution in [0, 0.1) is 18.3 Å². The fourth-order valence-electron chi connectivity index (χ4n) is 4.55. The number of carbonyl (C=O) groups is 1. The largest absolute Gasteiger partial charge is 0.486 e. The molecule has 150 valence electrons. The zero-order valence-electron chi connectivity index (χ0n) is 15.6. The molecule has 2 fully saturated rings. The molecular formula is C20H24N2O5S. The Morgan fingerprint density at radius 2 is 1.96 bits per heavy atom. The van der Waals surface area contributed by atoms with Crippen LogP contribution in [0.15, 0.2) is 23.1 Å². The molecule has 0 unspecified atom stereocenters. The predicted molar refractivity (Wildman–Crippen MR) is 102 cm³/mol. The summed E-state index contributed by atoms with van der Waals surface area (Å²) in [7, 11) is -3.88. The summed E-state index contributed by atoms with van der Waals surface area (Å²) in [6, 6.07) is 3.74. The van der Waals surface area contributed by atoms with E-state index in [2.05, 4.69) is 11.2 Å². The third-order valence-corrected chi connectivity index (χ3v) is 7.72. The number of ether oxygens (including phenoxy) is 2. The van der Waals surface area contributed by atoms with Crippen LogP contribution in [-0.4, -0.2) is 50.5 Å². The lowest BCUT2D eigenvalue weighted by Crippen LogP contribution is -2.49. The van der Waals surface area contributed by atoms with Gasteiger partial charge in [0, 0.05) is 12.1 Å². The van der Waals surface area contributed by atoms with E-state index in [9.17, 15) is 13.2 Å². The van der Waals surface area contributed by atoms with Crippen molar-refractivity contribution in [3.63, 3.8) is 0 Å². The van der Waals surface area contributed by atoms with Gasteiger partial charge in [-0.05, 0) is 37.3 Å². The Morgan fingerprint density at radius 1 is 1.21 bits per heavy atom. The highest BCUT2D eigenvalue weighted by Gasteiger charge is 2.51. The van der Waals surface area contributed by atoms with Crippen LogP contribution in [-0.2, 0) is 14.8 Å². The summed E-state index contributed by atoms with van der Waals surface area (Å²) in [6.45, 7) is 0.900. The molecule has 4 rings (SSSR count). The van der Waals surface area contributed by atoms with E-state index >= 15 is 0 Å². The van der Waals surface area contributed by atoms with E-state index in [1.54, 1.807) is 6.07 Å². The van der Waals surface area contributed by atoms with E-state index in [1.165, 1.54) is 16.4 Å². The van der Waals surface area contributed by atoms with Crippen molar-refractivity contribution in [1.29, 1.82) is 0 Å². The lowest BCUT2D eigenvalue weighted by atomic mass is 9.85. The molecule has 3 atom stereocenters. The molecule has 1 N–H and O–H groups in total. The van der Waals surface area contributed by atoms with E-state index in [0.29, 0.717) is 31.1 Å². The number of rotatable bonds is 4. The minimum absolute atomic E-state index is 0.0859. The molecule has 7 nitrogen and oxygen atoms in total. The van der Waals surface area contributed by atoms with Gasteiger partial charge in [-0.25, -0.2) is 8.42 Å². The Hall–Kier alpha value is -2.24. The molecule has 2 aliphatic heterocycles. The van der Waals surface area contributed by atoms with Crippen LogP contribution in [0.5, 0.6) is 11.5 Å². The van der Waals surface area contributed by atoms with Crippen molar-refractivity contribution >= 4 is 15.9 Å². The number of sulfonamides is 1. The summed E-state index contributed by atoms with van der Waals surface area (Å²) in [6.07, 6.45) is 9.52. The molecule has 1 saturated heterocycles. The van der Waals surface area contributed by atoms with Gasteiger partial charge in [-0.3, -0.25) is 4.79 Å². The highest BCUT2D eigenvalue weighted by Crippen LogP contribution is 2.43. The monoisotopic (exact) mass is 404 g/mol. The molecule has 3 aliphatic rings. The first-order chi connectivity index (χ1) is 13.5. The van der Waals surface area contributed by atoms with Crippen molar-refractivity contribution < 1.29 is 22.7 Å². The number of benzene rings is 1. The first kappa shape index (κ1) is 19.1. The van der Waals surface area contributed by atoms with Crippen molar-refractivity contribution in [2.45, 2.75) is 49.1 Å². The second-order valence-electron chi connectivity index (χ2n) is 7.43. The average Bonchev–Trinajstić information content (AvgIpc) is 3.12. The van der Waals surface area contributed by atoms with Crippen LogP contribution in [0.25, 0.3) is 0 Å². The lowest BCUT2D eigenvalue weighted by Gasteiger charge is -2.32. The Labute approximate surface area is 165 Å². The quantitative estimate of drug-likeness (QED) is 0.770. The first-order valence-electron chi connectivity index (χ1n) is 9.66. The molecule has 1 aromatic rings. The number of carbonyl (C=O) groups excluding carboxylic acids is 1. The van der Waals surface area contributed by atoms with E-state index in [1.807, 2.05) is 0 Å². The van der Waals surface area contributed by atoms with Crippen LogP contribution in [0.2, 0.25) is 0 Å². The Balaban J connectivity index is 1.70. The minimum atomic E-state index is -3.88. The highest BCUT2D eigenvalue weighted by molar-refractivity contribution is 7.89. The molecule has 0 radical (unpaired) electrons. The molecule has 0 spiro atoms. The van der Waals surface area contributed by atoms with Crippen LogP contribution < -0.4 is 14.8 Å². The van der Waals surface area contributed by atoms with Gasteiger partial charge in [0.05, 0.1) is 11.4 Å². The molecule has 2 heterocycles. The summed E-state index contributed by atoms with van der Waals surface area (Å²) in [5.74, 6) is 3.19. The highest BCUT2D eigenvalue weighted by atomic mass is 32.2. The minimum Gasteiger partial charge on any atom is -0.486 e. The third kappa shape index (κ3) is 3.33. The summed E-state index contributed by atoms with van der Waals surface area (Å²) >= 11 is 0. The van der Waals surface area contributed by atoms with Crippen molar-refractivity contribution in [3.05, 3.63) is 18.2 Å². The number of terminal acetylenes is 1. The van der Waals surface area contributed by atoms with Gasteiger partial charge < -0.3 is 14.8 Å². The second kappa shape index (κ2) is 7.64. The molecule has 8 heteroatoms. The van der Waals surface area contributed by atoms with Crippen molar-refractivity contribution in [3.8, 4) is 23.8 Å². The number of hydrogen-bond donors (Lipinski definition) is 1. The molecule has 1 aromatic carbocycles. The normalized spacial score (nSPS) is 26.9. The maximum atomic E-state index is 13.6. The van der Waals surface area contributed by atoms with Gasteiger partial charge in [-0.15, -0.1) is 6.42 Å². The van der Waals surface area contributed by atoms with Gasteiger partial charge in [-0.1, -0.05) is 18.8 Å². The zero-order valence-corrected chi connectivity index (χ0v) is 16.4. The topological polar surface area (TPSA) is 84.9 Å². The van der Waals surface area contributed by atoms with Gasteiger partial charge in [0.15, 0.2) is 11.5 Å². The van der Waals surface area contributed by atoms with Crippen molar-refractivity contribution in [2.24, 2.45) is 5.92 Å². The lowest BCUT2D eigenvalue weighted by molar-refractivity contribution is -0.124. The smallest absolute Gasteiger partial charge is 0.244 e. The van der Waals surface area contributed by atoms with Gasteiger partial charge >= 0.3 is 0 Å². The molecular weight excluding hydrogens is 380 g/mol. The fourth-order valence-corrected chi connectivity index (χ4v) is 6.44. The number of nitrogens with zero attached hydrogens (tertiary/aromatic N) is 1. The summed E-state index contributed by atoms with van der Waals surface area (Å²) in [5.41, 5.74) is 0. The zero-order chi connectivity index (χ0) is 19.7. The van der Waals surface area contributed by atoms with E-state index in [-0.39, 0.29) is 29.3 Å². The van der Waals surface area contributed by atoms with Crippen LogP contribution in [0.4, 0.5) is 0 Å². The van der Waals surface area contributed by atoms with Gasteiger partial charge in [-0.2, -0.15) is 4.31 Å². The molecule has 0 aromatic heterocycles. The van der Waals surface area contributed by atoms with Crippen molar-refractivity contribution in [2.75, 3.05) is 19.8 Å². The van der Waals surface area contributed by atoms with Crippen molar-refractivity contribution in [1.82, 2.24) is 9.62 Å². The number of nitrogens with one attached hydrogen (secondary N) is 1. The summed E-state index contributed by atoms with van der Waals surface area (Å²) in [5, 5.41) is 2.66. The first-order valence-corrected chi connectivity index (χ1v) is 11.1. The molecule has 0 bridgehead atoms. The molecule has 1 amide bonds. The molecule has 28 heavy (non-hydrogen) atoms. The van der Waals surface area contributed by atoms with Gasteiger partial charge in [0.25, 0.3) is 0 Å². The molecule has 1 aliphatic carbocycles. The van der Waals surface area contributed by atoms with E-state index in [0.717, 1.165) is 25.7 Å². The van der Waals surface area contributed by atoms with Gasteiger partial charge in [0.2, 0.25) is 15.9 Å². The standard InChI is InChI=1S/C20H24N2O5S/c1-2-9-21-20(23)17-12-14-5-3-4-6-16(14)22(17)28(24,25)15-7-8-18-19(13-15)27-11-10-26-18/h1,7-8,13-14,16-17H,3-6,9-12H2,(H,21,23)/t14-,16-,17-/m0/s1.